The molecule has 0 spiro atoms. The van der Waals surface area contributed by atoms with Gasteiger partial charge in [0, 0.05) is 18.9 Å². The van der Waals surface area contributed by atoms with Crippen molar-refractivity contribution in [1.29, 1.82) is 0 Å². The van der Waals surface area contributed by atoms with Crippen LogP contribution in [0.1, 0.15) is 54.4 Å². The van der Waals surface area contributed by atoms with E-state index in [2.05, 4.69) is 20.4 Å². The van der Waals surface area contributed by atoms with Crippen LogP contribution in [0.15, 0.2) is 23.8 Å². The monoisotopic (exact) mass is 376 g/mol. The van der Waals surface area contributed by atoms with Crippen LogP contribution in [0.2, 0.25) is 0 Å². The van der Waals surface area contributed by atoms with E-state index < -0.39 is 6.10 Å². The molecule has 6 unspecified atom stereocenters. The summed E-state index contributed by atoms with van der Waals surface area (Å²) in [7, 11) is 0. The van der Waals surface area contributed by atoms with Crippen LogP contribution in [-0.2, 0) is 23.9 Å². The number of esters is 2. The van der Waals surface area contributed by atoms with Gasteiger partial charge in [0.05, 0.1) is 5.92 Å². The molecule has 2 fully saturated rings. The molecule has 0 amide bonds. The van der Waals surface area contributed by atoms with Crippen LogP contribution in [0.3, 0.4) is 0 Å². The number of carbonyl (C=O) groups is 3. The first-order valence-corrected chi connectivity index (χ1v) is 9.80. The van der Waals surface area contributed by atoms with Gasteiger partial charge in [-0.2, -0.15) is 0 Å². The van der Waals surface area contributed by atoms with E-state index in [1.807, 2.05) is 0 Å². The maximum Gasteiger partial charge on any atom is 0.333 e. The van der Waals surface area contributed by atoms with Crippen LogP contribution in [0, 0.1) is 29.6 Å². The number of hydrogen-bond donors (Lipinski definition) is 0. The zero-order chi connectivity index (χ0) is 20.5. The fraction of sp³-hybridized carbons (Fsp3) is 0.682. The van der Waals surface area contributed by atoms with E-state index in [0.717, 1.165) is 5.57 Å². The smallest absolute Gasteiger partial charge is 0.333 e. The van der Waals surface area contributed by atoms with Crippen molar-refractivity contribution in [3.8, 4) is 0 Å². The van der Waals surface area contributed by atoms with E-state index in [9.17, 15) is 14.4 Å². The van der Waals surface area contributed by atoms with E-state index in [1.165, 1.54) is 6.92 Å². The maximum atomic E-state index is 12.8. The lowest BCUT2D eigenvalue weighted by atomic mass is 9.63. The molecule has 2 aliphatic rings. The summed E-state index contributed by atoms with van der Waals surface area (Å²) in [6.45, 7) is 15.2. The standard InChI is InChI=1S/C22H32O5/c1-8-12(4)22(25)27-19-10-16(11(2)3)21-17(13(19)5)9-18(24)20(21)14(6)26-15(7)23/h8,11,14,16-17,19-21H,5,9-10H2,1-4,6-7H3. The fourth-order valence-corrected chi connectivity index (χ4v) is 4.78. The number of Topliss-reactive ketones (excluding diaryl/α,β-unsaturated/α-hetero) is 1. The summed E-state index contributed by atoms with van der Waals surface area (Å²) in [5.74, 6) is -0.380. The van der Waals surface area contributed by atoms with Crippen LogP contribution in [0.25, 0.3) is 0 Å². The Balaban J connectivity index is 2.30. The summed E-state index contributed by atoms with van der Waals surface area (Å²) in [4.78, 5) is 36.5. The van der Waals surface area contributed by atoms with Gasteiger partial charge in [0.25, 0.3) is 0 Å². The molecule has 6 atom stereocenters. The minimum Gasteiger partial charge on any atom is -0.462 e. The third kappa shape index (κ3) is 4.33. The molecule has 150 valence electrons. The van der Waals surface area contributed by atoms with E-state index in [1.54, 1.807) is 26.8 Å². The third-order valence-electron chi connectivity index (χ3n) is 6.26. The Morgan fingerprint density at radius 2 is 1.85 bits per heavy atom. The molecule has 27 heavy (non-hydrogen) atoms. The van der Waals surface area contributed by atoms with Gasteiger partial charge in [0.1, 0.15) is 18.0 Å². The highest BCUT2D eigenvalue weighted by Gasteiger charge is 2.55. The van der Waals surface area contributed by atoms with Crippen molar-refractivity contribution in [1.82, 2.24) is 0 Å². The van der Waals surface area contributed by atoms with Gasteiger partial charge in [-0.25, -0.2) is 4.79 Å². The van der Waals surface area contributed by atoms with Gasteiger partial charge in [-0.05, 0) is 56.4 Å². The van der Waals surface area contributed by atoms with E-state index >= 15 is 0 Å². The molecule has 5 heteroatoms. The average Bonchev–Trinajstić information content (AvgIpc) is 2.92. The quantitative estimate of drug-likeness (QED) is 0.414. The Hall–Kier alpha value is -1.91. The van der Waals surface area contributed by atoms with E-state index in [-0.39, 0.29) is 47.5 Å². The molecular weight excluding hydrogens is 344 g/mol. The summed E-state index contributed by atoms with van der Waals surface area (Å²) < 4.78 is 11.1. The zero-order valence-electron chi connectivity index (χ0n) is 17.3. The SMILES string of the molecule is C=C1C(OC(=O)C(C)=CC)CC(C(C)C)C2C1CC(=O)C2C(C)OC(C)=O. The second kappa shape index (κ2) is 8.41. The Morgan fingerprint density at radius 3 is 2.37 bits per heavy atom. The number of hydrogen-bond acceptors (Lipinski definition) is 5. The fourth-order valence-electron chi connectivity index (χ4n) is 4.78. The summed E-state index contributed by atoms with van der Waals surface area (Å²) in [6.07, 6.45) is 1.92. The molecular formula is C22H32O5. The van der Waals surface area contributed by atoms with Gasteiger partial charge in [0.2, 0.25) is 0 Å². The molecule has 2 aliphatic carbocycles. The molecule has 0 aromatic rings. The molecule has 0 aromatic heterocycles. The Labute approximate surface area is 162 Å². The summed E-state index contributed by atoms with van der Waals surface area (Å²) in [5, 5.41) is 0. The predicted molar refractivity (Wildman–Crippen MR) is 103 cm³/mol. The van der Waals surface area contributed by atoms with E-state index in [0.29, 0.717) is 24.3 Å². The van der Waals surface area contributed by atoms with Crippen molar-refractivity contribution in [2.24, 2.45) is 29.6 Å². The van der Waals surface area contributed by atoms with Crippen molar-refractivity contribution >= 4 is 17.7 Å². The third-order valence-corrected chi connectivity index (χ3v) is 6.26. The predicted octanol–water partition coefficient (Wildman–Crippen LogP) is 3.87. The maximum absolute atomic E-state index is 12.8. The summed E-state index contributed by atoms with van der Waals surface area (Å²) in [6, 6.07) is 0. The zero-order valence-corrected chi connectivity index (χ0v) is 17.3. The highest BCUT2D eigenvalue weighted by atomic mass is 16.5. The van der Waals surface area contributed by atoms with E-state index in [4.69, 9.17) is 9.47 Å². The minimum atomic E-state index is -0.455. The molecule has 0 N–H and O–H groups in total. The molecule has 5 nitrogen and oxygen atoms in total. The number of allylic oxidation sites excluding steroid dienone is 1. The second-order valence-corrected chi connectivity index (χ2v) is 8.28. The van der Waals surface area contributed by atoms with Gasteiger partial charge in [0.15, 0.2) is 0 Å². The van der Waals surface area contributed by atoms with Crippen molar-refractivity contribution < 1.29 is 23.9 Å². The van der Waals surface area contributed by atoms with Gasteiger partial charge in [-0.1, -0.05) is 26.5 Å². The minimum absolute atomic E-state index is 0.0367. The van der Waals surface area contributed by atoms with Gasteiger partial charge >= 0.3 is 11.9 Å². The molecule has 0 bridgehead atoms. The lowest BCUT2D eigenvalue weighted by Crippen LogP contribution is -2.44. The van der Waals surface area contributed by atoms with Crippen molar-refractivity contribution in [3.05, 3.63) is 23.8 Å². The molecule has 2 rings (SSSR count). The highest BCUT2D eigenvalue weighted by molar-refractivity contribution is 5.88. The largest absolute Gasteiger partial charge is 0.462 e. The number of fused-ring (bicyclic) bond motifs is 1. The first kappa shape index (κ1) is 21.4. The van der Waals surface area contributed by atoms with Gasteiger partial charge in [-0.15, -0.1) is 0 Å². The molecule has 0 saturated heterocycles. The Kier molecular flexibility index (Phi) is 6.66. The van der Waals surface area contributed by atoms with Crippen LogP contribution < -0.4 is 0 Å². The van der Waals surface area contributed by atoms with Crippen LogP contribution >= 0.6 is 0 Å². The Morgan fingerprint density at radius 1 is 1.22 bits per heavy atom. The molecule has 0 aromatic carbocycles. The highest BCUT2D eigenvalue weighted by Crippen LogP contribution is 2.53. The molecule has 2 saturated carbocycles. The van der Waals surface area contributed by atoms with Gasteiger partial charge < -0.3 is 9.47 Å². The number of rotatable bonds is 5. The molecule has 0 radical (unpaired) electrons. The lowest BCUT2D eigenvalue weighted by molar-refractivity contribution is -0.153. The molecule has 0 aliphatic heterocycles. The number of ether oxygens (including phenoxy) is 2. The number of ketones is 1. The van der Waals surface area contributed by atoms with Gasteiger partial charge in [-0.3, -0.25) is 9.59 Å². The normalized spacial score (nSPS) is 32.3. The van der Waals surface area contributed by atoms with Crippen LogP contribution in [0.5, 0.6) is 0 Å². The first-order valence-electron chi connectivity index (χ1n) is 9.80. The lowest BCUT2D eigenvalue weighted by Gasteiger charge is -2.44. The second-order valence-electron chi connectivity index (χ2n) is 8.28. The number of carbonyl (C=O) groups excluding carboxylic acids is 3. The van der Waals surface area contributed by atoms with Crippen molar-refractivity contribution in [3.63, 3.8) is 0 Å². The van der Waals surface area contributed by atoms with Crippen molar-refractivity contribution in [2.45, 2.75) is 66.6 Å². The van der Waals surface area contributed by atoms with Crippen molar-refractivity contribution in [2.75, 3.05) is 0 Å². The summed E-state index contributed by atoms with van der Waals surface area (Å²) >= 11 is 0. The topological polar surface area (TPSA) is 69.7 Å². The Bertz CT molecular complexity index is 660. The van der Waals surface area contributed by atoms with Crippen LogP contribution in [-0.4, -0.2) is 29.9 Å². The summed E-state index contributed by atoms with van der Waals surface area (Å²) in [5.41, 5.74) is 1.38. The molecule has 0 heterocycles. The first-order chi connectivity index (χ1) is 12.6. The average molecular weight is 376 g/mol. The van der Waals surface area contributed by atoms with Crippen LogP contribution in [0.4, 0.5) is 0 Å².